The first-order valence-electron chi connectivity index (χ1n) is 6.30. The van der Waals surface area contributed by atoms with E-state index in [1.807, 2.05) is 13.0 Å². The van der Waals surface area contributed by atoms with E-state index in [-0.39, 0.29) is 5.97 Å². The van der Waals surface area contributed by atoms with E-state index in [4.69, 9.17) is 10.5 Å². The minimum atomic E-state index is -0.376. The van der Waals surface area contributed by atoms with E-state index in [1.165, 1.54) is 7.11 Å². The van der Waals surface area contributed by atoms with Crippen LogP contribution in [-0.2, 0) is 11.2 Å². The molecular formula is C14H14N4O2. The molecule has 3 aromatic rings. The molecule has 6 nitrogen and oxygen atoms in total. The lowest BCUT2D eigenvalue weighted by molar-refractivity contribution is 0.0601. The molecule has 3 rings (SSSR count). The summed E-state index contributed by atoms with van der Waals surface area (Å²) in [6.07, 6.45) is 0.711. The van der Waals surface area contributed by atoms with E-state index in [0.29, 0.717) is 29.3 Å². The van der Waals surface area contributed by atoms with Gasteiger partial charge in [0.1, 0.15) is 17.3 Å². The number of nitrogen functional groups attached to an aromatic ring is 1. The topological polar surface area (TPSA) is 93.9 Å². The number of nitrogens with zero attached hydrogens (tertiary/aromatic N) is 2. The van der Waals surface area contributed by atoms with Gasteiger partial charge in [-0.1, -0.05) is 13.0 Å². The number of methoxy groups -OCH3 is 1. The Balaban J connectivity index is 2.30. The lowest BCUT2D eigenvalue weighted by atomic mass is 10.1. The maximum absolute atomic E-state index is 11.6. The number of fused-ring (bicyclic) bond motifs is 3. The molecule has 0 saturated carbocycles. The van der Waals surface area contributed by atoms with Crippen LogP contribution in [0.4, 0.5) is 5.82 Å². The summed E-state index contributed by atoms with van der Waals surface area (Å²) in [6.45, 7) is 1.97. The Morgan fingerprint density at radius 2 is 2.20 bits per heavy atom. The number of benzene rings is 1. The van der Waals surface area contributed by atoms with Gasteiger partial charge in [0, 0.05) is 17.3 Å². The third-order valence-electron chi connectivity index (χ3n) is 3.26. The molecule has 0 aliphatic rings. The third kappa shape index (κ3) is 1.77. The lowest BCUT2D eigenvalue weighted by Crippen LogP contribution is -2.00. The number of carbonyl (C=O) groups is 1. The molecule has 20 heavy (non-hydrogen) atoms. The Labute approximate surface area is 115 Å². The largest absolute Gasteiger partial charge is 0.465 e. The summed E-state index contributed by atoms with van der Waals surface area (Å²) in [7, 11) is 1.36. The average Bonchev–Trinajstić information content (AvgIpc) is 2.83. The zero-order chi connectivity index (χ0) is 14.3. The molecule has 0 radical (unpaired) electrons. The van der Waals surface area contributed by atoms with Gasteiger partial charge in [-0.2, -0.15) is 0 Å². The smallest absolute Gasteiger partial charge is 0.337 e. The third-order valence-corrected chi connectivity index (χ3v) is 3.26. The molecule has 0 amide bonds. The van der Waals surface area contributed by atoms with E-state index in [0.717, 1.165) is 16.3 Å². The first kappa shape index (κ1) is 12.4. The van der Waals surface area contributed by atoms with E-state index < -0.39 is 0 Å². The van der Waals surface area contributed by atoms with Crippen molar-refractivity contribution >= 4 is 33.7 Å². The van der Waals surface area contributed by atoms with Crippen molar-refractivity contribution in [3.63, 3.8) is 0 Å². The Hall–Kier alpha value is -2.63. The Morgan fingerprint density at radius 3 is 2.90 bits per heavy atom. The maximum atomic E-state index is 11.6. The van der Waals surface area contributed by atoms with Crippen LogP contribution < -0.4 is 5.73 Å². The van der Waals surface area contributed by atoms with E-state index in [9.17, 15) is 4.79 Å². The molecule has 0 fully saturated rings. The van der Waals surface area contributed by atoms with Crippen molar-refractivity contribution in [2.75, 3.05) is 12.8 Å². The zero-order valence-electron chi connectivity index (χ0n) is 11.2. The van der Waals surface area contributed by atoms with Crippen LogP contribution >= 0.6 is 0 Å². The molecule has 0 spiro atoms. The summed E-state index contributed by atoms with van der Waals surface area (Å²) in [6, 6.07) is 5.26. The number of aromatic nitrogens is 3. The van der Waals surface area contributed by atoms with Crippen LogP contribution in [-0.4, -0.2) is 28.0 Å². The fourth-order valence-corrected chi connectivity index (χ4v) is 2.28. The highest BCUT2D eigenvalue weighted by Gasteiger charge is 2.13. The summed E-state index contributed by atoms with van der Waals surface area (Å²) in [5, 5.41) is 1.68. The van der Waals surface area contributed by atoms with Crippen LogP contribution in [0.15, 0.2) is 18.2 Å². The fourth-order valence-electron chi connectivity index (χ4n) is 2.28. The monoisotopic (exact) mass is 270 g/mol. The minimum absolute atomic E-state index is 0.376. The SMILES string of the molecule is CCc1nc(N)c2c(n1)[nH]c1cc(C(=O)OC)ccc12. The van der Waals surface area contributed by atoms with Gasteiger partial charge in [0.25, 0.3) is 0 Å². The van der Waals surface area contributed by atoms with Crippen molar-refractivity contribution in [2.45, 2.75) is 13.3 Å². The number of aromatic amines is 1. The first-order valence-corrected chi connectivity index (χ1v) is 6.30. The maximum Gasteiger partial charge on any atom is 0.337 e. The number of H-pyrrole nitrogens is 1. The first-order chi connectivity index (χ1) is 9.63. The number of ether oxygens (including phenoxy) is 1. The highest BCUT2D eigenvalue weighted by Crippen LogP contribution is 2.28. The molecule has 2 aromatic heterocycles. The molecule has 3 N–H and O–H groups in total. The number of anilines is 1. The molecule has 0 aliphatic carbocycles. The summed E-state index contributed by atoms with van der Waals surface area (Å²) in [4.78, 5) is 23.4. The van der Waals surface area contributed by atoms with E-state index in [1.54, 1.807) is 12.1 Å². The number of aryl methyl sites for hydroxylation is 1. The number of hydrogen-bond acceptors (Lipinski definition) is 5. The van der Waals surface area contributed by atoms with Crippen molar-refractivity contribution in [3.05, 3.63) is 29.6 Å². The quantitative estimate of drug-likeness (QED) is 0.695. The van der Waals surface area contributed by atoms with E-state index in [2.05, 4.69) is 15.0 Å². The molecule has 0 aliphatic heterocycles. The molecule has 0 bridgehead atoms. The van der Waals surface area contributed by atoms with Crippen molar-refractivity contribution in [1.82, 2.24) is 15.0 Å². The number of esters is 1. The van der Waals surface area contributed by atoms with Gasteiger partial charge in [-0.3, -0.25) is 0 Å². The highest BCUT2D eigenvalue weighted by atomic mass is 16.5. The molecular weight excluding hydrogens is 256 g/mol. The second-order valence-corrected chi connectivity index (χ2v) is 4.48. The van der Waals surface area contributed by atoms with Crippen LogP contribution in [0, 0.1) is 0 Å². The predicted octanol–water partition coefficient (Wildman–Crippen LogP) is 2.04. The standard InChI is InChI=1S/C14H14N4O2/c1-3-10-17-12(15)11-8-5-4-7(14(19)20-2)6-9(8)16-13(11)18-10/h4-6H,3H2,1-2H3,(H3,15,16,17,18). The van der Waals surface area contributed by atoms with Gasteiger partial charge in [0.2, 0.25) is 0 Å². The predicted molar refractivity (Wildman–Crippen MR) is 76.5 cm³/mol. The molecule has 1 aromatic carbocycles. The summed E-state index contributed by atoms with van der Waals surface area (Å²) in [5.41, 5.74) is 7.96. The molecule has 2 heterocycles. The van der Waals surface area contributed by atoms with Gasteiger partial charge in [-0.05, 0) is 12.1 Å². The molecule has 0 saturated heterocycles. The fraction of sp³-hybridized carbons (Fsp3) is 0.214. The molecule has 102 valence electrons. The lowest BCUT2D eigenvalue weighted by Gasteiger charge is -2.00. The molecule has 0 unspecified atom stereocenters. The number of nitrogens with two attached hydrogens (primary N) is 1. The van der Waals surface area contributed by atoms with Gasteiger partial charge < -0.3 is 15.5 Å². The van der Waals surface area contributed by atoms with Gasteiger partial charge in [0.15, 0.2) is 0 Å². The normalized spacial score (nSPS) is 11.1. The summed E-state index contributed by atoms with van der Waals surface area (Å²) < 4.78 is 4.71. The minimum Gasteiger partial charge on any atom is -0.465 e. The Kier molecular flexibility index (Phi) is 2.78. The second-order valence-electron chi connectivity index (χ2n) is 4.48. The summed E-state index contributed by atoms with van der Waals surface area (Å²) >= 11 is 0. The number of nitrogens with one attached hydrogen (secondary N) is 1. The van der Waals surface area contributed by atoms with Crippen molar-refractivity contribution in [2.24, 2.45) is 0 Å². The van der Waals surface area contributed by atoms with E-state index >= 15 is 0 Å². The second kappa shape index (κ2) is 4.48. The Bertz CT molecular complexity index is 823. The molecule has 6 heteroatoms. The van der Waals surface area contributed by atoms with Crippen LogP contribution in [0.5, 0.6) is 0 Å². The average molecular weight is 270 g/mol. The molecule has 0 atom stereocenters. The van der Waals surface area contributed by atoms with Crippen LogP contribution in [0.25, 0.3) is 21.9 Å². The Morgan fingerprint density at radius 1 is 1.40 bits per heavy atom. The van der Waals surface area contributed by atoms with Crippen LogP contribution in [0.2, 0.25) is 0 Å². The van der Waals surface area contributed by atoms with Crippen molar-refractivity contribution < 1.29 is 9.53 Å². The van der Waals surface area contributed by atoms with Crippen LogP contribution in [0.1, 0.15) is 23.1 Å². The number of rotatable bonds is 2. The zero-order valence-corrected chi connectivity index (χ0v) is 11.2. The summed E-state index contributed by atoms with van der Waals surface area (Å²) in [5.74, 6) is 0.762. The van der Waals surface area contributed by atoms with Gasteiger partial charge >= 0.3 is 5.97 Å². The number of hydrogen-bond donors (Lipinski definition) is 2. The van der Waals surface area contributed by atoms with Crippen molar-refractivity contribution in [1.29, 1.82) is 0 Å². The van der Waals surface area contributed by atoms with Gasteiger partial charge in [0.05, 0.1) is 18.1 Å². The highest BCUT2D eigenvalue weighted by molar-refractivity contribution is 6.11. The van der Waals surface area contributed by atoms with Crippen LogP contribution in [0.3, 0.4) is 0 Å². The number of carbonyl (C=O) groups excluding carboxylic acids is 1. The van der Waals surface area contributed by atoms with Gasteiger partial charge in [-0.25, -0.2) is 14.8 Å². The van der Waals surface area contributed by atoms with Gasteiger partial charge in [-0.15, -0.1) is 0 Å². The van der Waals surface area contributed by atoms with Crippen molar-refractivity contribution in [3.8, 4) is 0 Å².